The fourth-order valence-electron chi connectivity index (χ4n) is 1.83. The van der Waals surface area contributed by atoms with Crippen molar-refractivity contribution in [3.8, 4) is 5.75 Å². The SMILES string of the molecule is C[C@H](Nc1cccc(OCC(N)=O)c1)C(=O)Nc1ccc(Cl)cn1. The van der Waals surface area contributed by atoms with Crippen LogP contribution in [0.1, 0.15) is 6.92 Å². The minimum absolute atomic E-state index is 0.207. The summed E-state index contributed by atoms with van der Waals surface area (Å²) < 4.78 is 5.22. The number of pyridine rings is 1. The van der Waals surface area contributed by atoms with Crippen molar-refractivity contribution in [2.75, 3.05) is 17.2 Å². The molecular weight excluding hydrogens is 332 g/mol. The van der Waals surface area contributed by atoms with Gasteiger partial charge in [-0.25, -0.2) is 4.98 Å². The molecule has 8 heteroatoms. The monoisotopic (exact) mass is 348 g/mol. The highest BCUT2D eigenvalue weighted by molar-refractivity contribution is 6.30. The third-order valence-electron chi connectivity index (χ3n) is 2.97. The van der Waals surface area contributed by atoms with E-state index in [1.165, 1.54) is 6.20 Å². The lowest BCUT2D eigenvalue weighted by Crippen LogP contribution is -2.32. The van der Waals surface area contributed by atoms with Gasteiger partial charge in [-0.05, 0) is 31.2 Å². The summed E-state index contributed by atoms with van der Waals surface area (Å²) in [4.78, 5) is 26.9. The van der Waals surface area contributed by atoms with Crippen LogP contribution < -0.4 is 21.1 Å². The maximum Gasteiger partial charge on any atom is 0.255 e. The number of nitrogens with zero attached hydrogens (tertiary/aromatic N) is 1. The molecule has 0 saturated carbocycles. The molecule has 1 heterocycles. The number of rotatable bonds is 7. The summed E-state index contributed by atoms with van der Waals surface area (Å²) in [6.45, 7) is 1.50. The number of carbonyl (C=O) groups excluding carboxylic acids is 2. The molecule has 0 unspecified atom stereocenters. The third-order valence-corrected chi connectivity index (χ3v) is 3.19. The largest absolute Gasteiger partial charge is 0.484 e. The number of carbonyl (C=O) groups is 2. The Morgan fingerprint density at radius 1 is 1.33 bits per heavy atom. The average molecular weight is 349 g/mol. The first-order valence-electron chi connectivity index (χ1n) is 7.14. The highest BCUT2D eigenvalue weighted by atomic mass is 35.5. The average Bonchev–Trinajstić information content (AvgIpc) is 2.55. The van der Waals surface area contributed by atoms with Gasteiger partial charge in [0.1, 0.15) is 17.6 Å². The number of anilines is 2. The van der Waals surface area contributed by atoms with E-state index in [9.17, 15) is 9.59 Å². The Morgan fingerprint density at radius 3 is 2.79 bits per heavy atom. The molecule has 1 aromatic heterocycles. The fraction of sp³-hybridized carbons (Fsp3) is 0.188. The van der Waals surface area contributed by atoms with E-state index in [0.717, 1.165) is 0 Å². The maximum atomic E-state index is 12.2. The predicted molar refractivity (Wildman–Crippen MR) is 92.1 cm³/mol. The van der Waals surface area contributed by atoms with E-state index in [1.54, 1.807) is 43.3 Å². The van der Waals surface area contributed by atoms with Crippen molar-refractivity contribution in [2.24, 2.45) is 5.73 Å². The van der Waals surface area contributed by atoms with Crippen LogP contribution in [0.5, 0.6) is 5.75 Å². The maximum absolute atomic E-state index is 12.2. The second-order valence-corrected chi connectivity index (χ2v) is 5.44. The van der Waals surface area contributed by atoms with Gasteiger partial charge in [-0.1, -0.05) is 17.7 Å². The van der Waals surface area contributed by atoms with Gasteiger partial charge < -0.3 is 21.1 Å². The number of halogens is 1. The van der Waals surface area contributed by atoms with Gasteiger partial charge in [0.25, 0.3) is 5.91 Å². The minimum atomic E-state index is -0.559. The number of hydrogen-bond donors (Lipinski definition) is 3. The zero-order chi connectivity index (χ0) is 17.5. The highest BCUT2D eigenvalue weighted by Gasteiger charge is 2.13. The minimum Gasteiger partial charge on any atom is -0.484 e. The van der Waals surface area contributed by atoms with E-state index in [-0.39, 0.29) is 12.5 Å². The molecule has 7 nitrogen and oxygen atoms in total. The first kappa shape index (κ1) is 17.6. The van der Waals surface area contributed by atoms with Gasteiger partial charge in [-0.2, -0.15) is 0 Å². The van der Waals surface area contributed by atoms with Crippen LogP contribution in [0.2, 0.25) is 5.02 Å². The number of nitrogens with two attached hydrogens (primary N) is 1. The Labute approximate surface area is 144 Å². The molecule has 2 rings (SSSR count). The lowest BCUT2D eigenvalue weighted by Gasteiger charge is -2.15. The number of aromatic nitrogens is 1. The van der Waals surface area contributed by atoms with Gasteiger partial charge in [0, 0.05) is 18.0 Å². The van der Waals surface area contributed by atoms with Crippen molar-refractivity contribution in [2.45, 2.75) is 13.0 Å². The summed E-state index contributed by atoms with van der Waals surface area (Å²) in [7, 11) is 0. The summed E-state index contributed by atoms with van der Waals surface area (Å²) in [6.07, 6.45) is 1.45. The van der Waals surface area contributed by atoms with Crippen LogP contribution in [0.4, 0.5) is 11.5 Å². The van der Waals surface area contributed by atoms with Gasteiger partial charge in [-0.3, -0.25) is 9.59 Å². The van der Waals surface area contributed by atoms with Crippen LogP contribution in [0.15, 0.2) is 42.6 Å². The van der Waals surface area contributed by atoms with Gasteiger partial charge >= 0.3 is 0 Å². The smallest absolute Gasteiger partial charge is 0.255 e. The summed E-state index contributed by atoms with van der Waals surface area (Å²) in [6, 6.07) is 9.62. The zero-order valence-electron chi connectivity index (χ0n) is 13.0. The second kappa shape index (κ2) is 8.16. The number of ether oxygens (including phenoxy) is 1. The van der Waals surface area contributed by atoms with E-state index in [4.69, 9.17) is 22.1 Å². The summed E-state index contributed by atoms with van der Waals surface area (Å²) >= 11 is 5.75. The number of nitrogens with one attached hydrogen (secondary N) is 2. The van der Waals surface area contributed by atoms with Crippen molar-refractivity contribution < 1.29 is 14.3 Å². The number of primary amides is 1. The van der Waals surface area contributed by atoms with Crippen LogP contribution in [0, 0.1) is 0 Å². The van der Waals surface area contributed by atoms with Gasteiger partial charge in [-0.15, -0.1) is 0 Å². The molecule has 0 saturated heterocycles. The first-order valence-corrected chi connectivity index (χ1v) is 7.52. The van der Waals surface area contributed by atoms with Crippen molar-refractivity contribution in [1.29, 1.82) is 0 Å². The quantitative estimate of drug-likeness (QED) is 0.710. The van der Waals surface area contributed by atoms with Gasteiger partial charge in [0.2, 0.25) is 5.91 Å². The summed E-state index contributed by atoms with van der Waals surface area (Å²) in [5.74, 6) is 0.0761. The summed E-state index contributed by atoms with van der Waals surface area (Å²) in [5, 5.41) is 6.21. The van der Waals surface area contributed by atoms with Gasteiger partial charge in [0.05, 0.1) is 5.02 Å². The second-order valence-electron chi connectivity index (χ2n) is 5.00. The normalized spacial score (nSPS) is 11.4. The molecule has 4 N–H and O–H groups in total. The number of hydrogen-bond acceptors (Lipinski definition) is 5. The predicted octanol–water partition coefficient (Wildman–Crippen LogP) is 2.04. The Morgan fingerprint density at radius 2 is 2.12 bits per heavy atom. The molecule has 0 aliphatic heterocycles. The van der Waals surface area contributed by atoms with Crippen LogP contribution in [-0.4, -0.2) is 29.4 Å². The molecular formula is C16H17ClN4O3. The molecule has 0 bridgehead atoms. The molecule has 126 valence electrons. The zero-order valence-corrected chi connectivity index (χ0v) is 13.7. The van der Waals surface area contributed by atoms with Gasteiger partial charge in [0.15, 0.2) is 6.61 Å². The van der Waals surface area contributed by atoms with Crippen molar-refractivity contribution in [3.63, 3.8) is 0 Å². The van der Waals surface area contributed by atoms with E-state index in [1.807, 2.05) is 0 Å². The van der Waals surface area contributed by atoms with E-state index < -0.39 is 11.9 Å². The molecule has 24 heavy (non-hydrogen) atoms. The number of benzene rings is 1. The van der Waals surface area contributed by atoms with E-state index in [2.05, 4.69) is 15.6 Å². The lowest BCUT2D eigenvalue weighted by atomic mass is 10.2. The summed E-state index contributed by atoms with van der Waals surface area (Å²) in [5.41, 5.74) is 5.70. The Balaban J connectivity index is 1.94. The molecule has 0 fully saturated rings. The Hall–Kier alpha value is -2.80. The molecule has 0 radical (unpaired) electrons. The topological polar surface area (TPSA) is 106 Å². The standard InChI is InChI=1S/C16H17ClN4O3/c1-10(16(23)21-15-6-5-11(17)8-19-15)20-12-3-2-4-13(7-12)24-9-14(18)22/h2-8,10,20H,9H2,1H3,(H2,18,22)(H,19,21,23)/t10-/m0/s1. The van der Waals surface area contributed by atoms with E-state index in [0.29, 0.717) is 22.3 Å². The first-order chi connectivity index (χ1) is 11.4. The molecule has 1 aromatic carbocycles. The van der Waals surface area contributed by atoms with Crippen LogP contribution in [0.3, 0.4) is 0 Å². The van der Waals surface area contributed by atoms with Crippen molar-refractivity contribution in [3.05, 3.63) is 47.6 Å². The number of amides is 2. The molecule has 0 aliphatic rings. The molecule has 0 aliphatic carbocycles. The third kappa shape index (κ3) is 5.44. The van der Waals surface area contributed by atoms with Crippen LogP contribution >= 0.6 is 11.6 Å². The lowest BCUT2D eigenvalue weighted by molar-refractivity contribution is -0.120. The van der Waals surface area contributed by atoms with Crippen molar-refractivity contribution in [1.82, 2.24) is 4.98 Å². The highest BCUT2D eigenvalue weighted by Crippen LogP contribution is 2.18. The Bertz CT molecular complexity index is 722. The van der Waals surface area contributed by atoms with E-state index >= 15 is 0 Å². The van der Waals surface area contributed by atoms with Crippen LogP contribution in [0.25, 0.3) is 0 Å². The molecule has 2 aromatic rings. The fourth-order valence-corrected chi connectivity index (χ4v) is 1.94. The molecule has 1 atom stereocenters. The molecule has 2 amide bonds. The van der Waals surface area contributed by atoms with Crippen LogP contribution in [-0.2, 0) is 9.59 Å². The molecule has 0 spiro atoms. The Kier molecular flexibility index (Phi) is 5.97. The van der Waals surface area contributed by atoms with Crippen molar-refractivity contribution >= 4 is 34.9 Å².